The predicted molar refractivity (Wildman–Crippen MR) is 84.8 cm³/mol. The van der Waals surface area contributed by atoms with E-state index in [1.807, 2.05) is 19.9 Å². The summed E-state index contributed by atoms with van der Waals surface area (Å²) in [4.78, 5) is 0.586. The number of thioether (sulfide) groups is 1. The largest absolute Gasteiger partial charge is 0.312 e. The van der Waals surface area contributed by atoms with Gasteiger partial charge in [-0.1, -0.05) is 18.2 Å². The average molecular weight is 307 g/mol. The van der Waals surface area contributed by atoms with Crippen molar-refractivity contribution in [2.24, 2.45) is 0 Å². The summed E-state index contributed by atoms with van der Waals surface area (Å²) in [5, 5.41) is 3.13. The maximum atomic E-state index is 14.2. The summed E-state index contributed by atoms with van der Waals surface area (Å²) >= 11 is 1.39. The van der Waals surface area contributed by atoms with Gasteiger partial charge in [0.25, 0.3) is 0 Å². The number of aryl methyl sites for hydroxylation is 2. The van der Waals surface area contributed by atoms with Gasteiger partial charge < -0.3 is 5.32 Å². The smallest absolute Gasteiger partial charge is 0.136 e. The second-order valence-corrected chi connectivity index (χ2v) is 6.12. The topological polar surface area (TPSA) is 12.0 Å². The Labute approximate surface area is 128 Å². The second-order valence-electron chi connectivity index (χ2n) is 5.06. The van der Waals surface area contributed by atoms with Gasteiger partial charge >= 0.3 is 0 Å². The molecule has 0 fully saturated rings. The highest BCUT2D eigenvalue weighted by molar-refractivity contribution is 7.99. The van der Waals surface area contributed by atoms with E-state index in [9.17, 15) is 8.78 Å². The van der Waals surface area contributed by atoms with Crippen LogP contribution in [0.15, 0.2) is 41.3 Å². The Bertz CT molecular complexity index is 605. The molecule has 0 aliphatic rings. The maximum absolute atomic E-state index is 14.2. The molecule has 2 aromatic carbocycles. The van der Waals surface area contributed by atoms with E-state index in [4.69, 9.17) is 0 Å². The van der Waals surface area contributed by atoms with Gasteiger partial charge in [-0.3, -0.25) is 0 Å². The third-order valence-corrected chi connectivity index (χ3v) is 4.56. The maximum Gasteiger partial charge on any atom is 0.136 e. The third-order valence-electron chi connectivity index (χ3n) is 3.42. The Morgan fingerprint density at radius 2 is 1.81 bits per heavy atom. The second kappa shape index (κ2) is 7.05. The third kappa shape index (κ3) is 3.83. The number of hydrogen-bond donors (Lipinski definition) is 1. The molecule has 2 rings (SSSR count). The molecular formula is C17H19F2NS. The van der Waals surface area contributed by atoms with Crippen LogP contribution in [0.5, 0.6) is 0 Å². The van der Waals surface area contributed by atoms with Gasteiger partial charge in [0.15, 0.2) is 0 Å². The molecular weight excluding hydrogens is 288 g/mol. The van der Waals surface area contributed by atoms with Crippen molar-refractivity contribution in [3.05, 3.63) is 64.7 Å². The summed E-state index contributed by atoms with van der Waals surface area (Å²) in [7, 11) is 1.80. The van der Waals surface area contributed by atoms with Gasteiger partial charge in [-0.25, -0.2) is 8.78 Å². The first-order valence-corrected chi connectivity index (χ1v) is 7.82. The Morgan fingerprint density at radius 3 is 2.43 bits per heavy atom. The van der Waals surface area contributed by atoms with Gasteiger partial charge in [0.1, 0.15) is 11.6 Å². The molecule has 1 unspecified atom stereocenters. The summed E-state index contributed by atoms with van der Waals surface area (Å²) in [5.41, 5.74) is 2.48. The van der Waals surface area contributed by atoms with Crippen LogP contribution in [-0.4, -0.2) is 12.8 Å². The van der Waals surface area contributed by atoms with Gasteiger partial charge in [-0.15, -0.1) is 11.8 Å². The first kappa shape index (κ1) is 16.0. The van der Waals surface area contributed by atoms with Crippen molar-refractivity contribution in [1.29, 1.82) is 0 Å². The highest BCUT2D eigenvalue weighted by Crippen LogP contribution is 2.29. The molecule has 2 aromatic rings. The lowest BCUT2D eigenvalue weighted by Gasteiger charge is -2.20. The molecule has 0 heterocycles. The van der Waals surface area contributed by atoms with Crippen molar-refractivity contribution >= 4 is 11.8 Å². The lowest BCUT2D eigenvalue weighted by Crippen LogP contribution is -2.21. The van der Waals surface area contributed by atoms with Crippen LogP contribution < -0.4 is 5.32 Å². The number of rotatable bonds is 5. The van der Waals surface area contributed by atoms with Crippen molar-refractivity contribution in [3.8, 4) is 0 Å². The molecule has 0 saturated carbocycles. The van der Waals surface area contributed by atoms with E-state index in [1.165, 1.54) is 17.8 Å². The summed E-state index contributed by atoms with van der Waals surface area (Å²) < 4.78 is 27.9. The van der Waals surface area contributed by atoms with E-state index in [1.54, 1.807) is 31.3 Å². The molecule has 21 heavy (non-hydrogen) atoms. The average Bonchev–Trinajstić information content (AvgIpc) is 2.43. The molecule has 1 nitrogen and oxygen atoms in total. The summed E-state index contributed by atoms with van der Waals surface area (Å²) in [6, 6.07) is 10.0. The first-order valence-electron chi connectivity index (χ1n) is 6.84. The molecule has 112 valence electrons. The zero-order valence-electron chi connectivity index (χ0n) is 12.4. The van der Waals surface area contributed by atoms with Gasteiger partial charge in [0.2, 0.25) is 0 Å². The molecule has 0 saturated heterocycles. The van der Waals surface area contributed by atoms with E-state index < -0.39 is 0 Å². The van der Waals surface area contributed by atoms with E-state index in [0.29, 0.717) is 16.2 Å². The molecule has 0 amide bonds. The van der Waals surface area contributed by atoms with Gasteiger partial charge in [0.05, 0.1) is 0 Å². The molecule has 0 radical (unpaired) electrons. The summed E-state index contributed by atoms with van der Waals surface area (Å²) in [5.74, 6) is 0.123. The van der Waals surface area contributed by atoms with Crippen LogP contribution in [0, 0.1) is 25.5 Å². The Kier molecular flexibility index (Phi) is 5.37. The van der Waals surface area contributed by atoms with Crippen molar-refractivity contribution in [2.45, 2.75) is 24.8 Å². The Hall–Kier alpha value is -1.39. The molecule has 0 spiro atoms. The standard InChI is InChI=1S/C17H19F2NS/c1-11-8-12(2)17(14(19)9-11)15(20-3)10-21-16-7-5-4-6-13(16)18/h4-9,15,20H,10H2,1-3H3. The number of nitrogens with one attached hydrogen (secondary N) is 1. The SMILES string of the molecule is CNC(CSc1ccccc1F)c1c(C)cc(C)cc1F. The van der Waals surface area contributed by atoms with Crippen molar-refractivity contribution < 1.29 is 8.78 Å². The van der Waals surface area contributed by atoms with E-state index >= 15 is 0 Å². The van der Waals surface area contributed by atoms with E-state index in [2.05, 4.69) is 5.32 Å². The van der Waals surface area contributed by atoms with E-state index in [-0.39, 0.29) is 17.7 Å². The zero-order chi connectivity index (χ0) is 15.4. The highest BCUT2D eigenvalue weighted by Gasteiger charge is 2.18. The number of halogens is 2. The van der Waals surface area contributed by atoms with Crippen LogP contribution in [0.25, 0.3) is 0 Å². The minimum Gasteiger partial charge on any atom is -0.312 e. The Balaban J connectivity index is 2.20. The van der Waals surface area contributed by atoms with Crippen LogP contribution in [0.3, 0.4) is 0 Å². The normalized spacial score (nSPS) is 12.4. The molecule has 1 N–H and O–H groups in total. The van der Waals surface area contributed by atoms with Gasteiger partial charge in [0, 0.05) is 22.3 Å². The minimum absolute atomic E-state index is 0.157. The van der Waals surface area contributed by atoms with Crippen LogP contribution in [-0.2, 0) is 0 Å². The van der Waals surface area contributed by atoms with E-state index in [0.717, 1.165) is 11.1 Å². The Morgan fingerprint density at radius 1 is 1.10 bits per heavy atom. The first-order chi connectivity index (χ1) is 10.0. The van der Waals surface area contributed by atoms with Crippen molar-refractivity contribution in [1.82, 2.24) is 5.32 Å². The quantitative estimate of drug-likeness (QED) is 0.808. The van der Waals surface area contributed by atoms with Crippen LogP contribution >= 0.6 is 11.8 Å². The highest BCUT2D eigenvalue weighted by atomic mass is 32.2. The summed E-state index contributed by atoms with van der Waals surface area (Å²) in [6.45, 7) is 3.78. The van der Waals surface area contributed by atoms with Crippen LogP contribution in [0.2, 0.25) is 0 Å². The summed E-state index contributed by atoms with van der Waals surface area (Å²) in [6.07, 6.45) is 0. The molecule has 1 atom stereocenters. The predicted octanol–water partition coefficient (Wildman–Crippen LogP) is 4.63. The monoisotopic (exact) mass is 307 g/mol. The minimum atomic E-state index is -0.238. The number of benzene rings is 2. The fourth-order valence-corrected chi connectivity index (χ4v) is 3.47. The molecule has 0 aromatic heterocycles. The van der Waals surface area contributed by atoms with Gasteiger partial charge in [-0.2, -0.15) is 0 Å². The fourth-order valence-electron chi connectivity index (χ4n) is 2.41. The molecule has 0 bridgehead atoms. The van der Waals surface area contributed by atoms with Gasteiger partial charge in [-0.05, 0) is 50.2 Å². The lowest BCUT2D eigenvalue weighted by atomic mass is 9.99. The lowest BCUT2D eigenvalue weighted by molar-refractivity contribution is 0.561. The van der Waals surface area contributed by atoms with Crippen molar-refractivity contribution in [3.63, 3.8) is 0 Å². The van der Waals surface area contributed by atoms with Crippen molar-refractivity contribution in [2.75, 3.05) is 12.8 Å². The molecule has 0 aliphatic carbocycles. The molecule has 0 aliphatic heterocycles. The van der Waals surface area contributed by atoms with Crippen LogP contribution in [0.1, 0.15) is 22.7 Å². The molecule has 4 heteroatoms. The van der Waals surface area contributed by atoms with Crippen LogP contribution in [0.4, 0.5) is 8.78 Å². The zero-order valence-corrected chi connectivity index (χ0v) is 13.2. The fraction of sp³-hybridized carbons (Fsp3) is 0.294. The number of hydrogen-bond acceptors (Lipinski definition) is 2.